The lowest BCUT2D eigenvalue weighted by atomic mass is 10.0. The Labute approximate surface area is 167 Å². The first-order chi connectivity index (χ1) is 12.6. The van der Waals surface area contributed by atoms with Crippen molar-refractivity contribution in [2.24, 2.45) is 0 Å². The molecule has 0 aromatic rings. The molecule has 1 unspecified atom stereocenters. The fourth-order valence-electron chi connectivity index (χ4n) is 3.28. The molecule has 0 fully saturated rings. The van der Waals surface area contributed by atoms with Crippen molar-refractivity contribution >= 4 is 18.6 Å². The summed E-state index contributed by atoms with van der Waals surface area (Å²) in [5.74, 6) is -0.885. The molecule has 0 aromatic heterocycles. The molecule has 0 saturated carbocycles. The van der Waals surface area contributed by atoms with Crippen LogP contribution in [-0.2, 0) is 4.79 Å². The SMILES string of the molecule is CCCCCCCCCCCCCCCCCCN(O)C(CS)C(=O)O. The molecular formula is C21H43NO3S. The van der Waals surface area contributed by atoms with Crippen LogP contribution in [0.2, 0.25) is 0 Å². The Balaban J connectivity index is 3.23. The summed E-state index contributed by atoms with van der Waals surface area (Å²) in [6.45, 7) is 2.68. The maximum Gasteiger partial charge on any atom is 0.324 e. The zero-order valence-corrected chi connectivity index (χ0v) is 17.9. The number of hydroxylamine groups is 2. The van der Waals surface area contributed by atoms with Crippen LogP contribution in [0.4, 0.5) is 0 Å². The second kappa shape index (κ2) is 19.5. The second-order valence-electron chi connectivity index (χ2n) is 7.50. The van der Waals surface area contributed by atoms with E-state index < -0.39 is 12.0 Å². The third-order valence-corrected chi connectivity index (χ3v) is 5.40. The summed E-state index contributed by atoms with van der Waals surface area (Å²) in [4.78, 5) is 10.9. The van der Waals surface area contributed by atoms with E-state index in [2.05, 4.69) is 19.6 Å². The summed E-state index contributed by atoms with van der Waals surface area (Å²) in [5, 5.41) is 19.5. The summed E-state index contributed by atoms with van der Waals surface area (Å²) in [5.41, 5.74) is 0. The minimum atomic E-state index is -1.01. The minimum absolute atomic E-state index is 0.130. The predicted molar refractivity (Wildman–Crippen MR) is 113 cm³/mol. The molecular weight excluding hydrogens is 346 g/mol. The number of carbonyl (C=O) groups is 1. The highest BCUT2D eigenvalue weighted by Gasteiger charge is 2.21. The van der Waals surface area contributed by atoms with E-state index in [0.717, 1.165) is 17.9 Å². The highest BCUT2D eigenvalue weighted by molar-refractivity contribution is 7.80. The van der Waals surface area contributed by atoms with E-state index >= 15 is 0 Å². The van der Waals surface area contributed by atoms with E-state index in [1.54, 1.807) is 0 Å². The molecule has 156 valence electrons. The molecule has 0 radical (unpaired) electrons. The van der Waals surface area contributed by atoms with E-state index in [1.165, 1.54) is 89.9 Å². The third-order valence-electron chi connectivity index (χ3n) is 5.06. The van der Waals surface area contributed by atoms with Crippen LogP contribution < -0.4 is 0 Å². The van der Waals surface area contributed by atoms with E-state index in [-0.39, 0.29) is 5.75 Å². The Morgan fingerprint density at radius 3 is 1.42 bits per heavy atom. The topological polar surface area (TPSA) is 60.8 Å². The fraction of sp³-hybridized carbons (Fsp3) is 0.952. The van der Waals surface area contributed by atoms with Gasteiger partial charge in [0.2, 0.25) is 0 Å². The average Bonchev–Trinajstić information content (AvgIpc) is 2.61. The normalized spacial score (nSPS) is 12.6. The Morgan fingerprint density at radius 1 is 0.769 bits per heavy atom. The molecule has 26 heavy (non-hydrogen) atoms. The minimum Gasteiger partial charge on any atom is -0.480 e. The molecule has 5 heteroatoms. The Hall–Kier alpha value is -0.260. The first-order valence-corrected chi connectivity index (χ1v) is 11.6. The van der Waals surface area contributed by atoms with Crippen LogP contribution >= 0.6 is 12.6 Å². The average molecular weight is 390 g/mol. The van der Waals surface area contributed by atoms with Crippen molar-refractivity contribution in [3.63, 3.8) is 0 Å². The molecule has 0 aromatic carbocycles. The molecule has 0 bridgehead atoms. The molecule has 0 spiro atoms. The molecule has 0 aliphatic heterocycles. The number of thiol groups is 1. The van der Waals surface area contributed by atoms with E-state index in [9.17, 15) is 10.0 Å². The summed E-state index contributed by atoms with van der Waals surface area (Å²) < 4.78 is 0. The van der Waals surface area contributed by atoms with Crippen LogP contribution in [0.3, 0.4) is 0 Å². The monoisotopic (exact) mass is 389 g/mol. The molecule has 0 heterocycles. The van der Waals surface area contributed by atoms with Gasteiger partial charge < -0.3 is 10.3 Å². The highest BCUT2D eigenvalue weighted by atomic mass is 32.1. The zero-order valence-electron chi connectivity index (χ0n) is 17.0. The zero-order chi connectivity index (χ0) is 19.5. The molecule has 1 atom stereocenters. The van der Waals surface area contributed by atoms with Crippen LogP contribution in [-0.4, -0.2) is 39.7 Å². The van der Waals surface area contributed by atoms with Crippen molar-refractivity contribution in [3.05, 3.63) is 0 Å². The first kappa shape index (κ1) is 25.7. The van der Waals surface area contributed by atoms with Gasteiger partial charge in [0.05, 0.1) is 0 Å². The highest BCUT2D eigenvalue weighted by Crippen LogP contribution is 2.14. The fourth-order valence-corrected chi connectivity index (χ4v) is 3.62. The van der Waals surface area contributed by atoms with Crippen molar-refractivity contribution in [3.8, 4) is 0 Å². The van der Waals surface area contributed by atoms with Gasteiger partial charge in [0.1, 0.15) is 6.04 Å². The summed E-state index contributed by atoms with van der Waals surface area (Å²) in [6, 6.07) is -0.894. The second-order valence-corrected chi connectivity index (χ2v) is 7.87. The number of rotatable bonds is 20. The number of nitrogens with zero attached hydrogens (tertiary/aromatic N) is 1. The molecule has 0 rings (SSSR count). The smallest absolute Gasteiger partial charge is 0.324 e. The number of aliphatic carboxylic acids is 1. The van der Waals surface area contributed by atoms with Gasteiger partial charge in [-0.1, -0.05) is 103 Å². The van der Waals surface area contributed by atoms with E-state index in [4.69, 9.17) is 5.11 Å². The number of carboxylic acids is 1. The van der Waals surface area contributed by atoms with E-state index in [0.29, 0.717) is 6.54 Å². The maximum atomic E-state index is 10.9. The quantitative estimate of drug-likeness (QED) is 0.129. The summed E-state index contributed by atoms with van der Waals surface area (Å²) >= 11 is 3.97. The Kier molecular flexibility index (Phi) is 19.3. The van der Waals surface area contributed by atoms with Gasteiger partial charge in [-0.3, -0.25) is 4.79 Å². The predicted octanol–water partition coefficient (Wildman–Crippen LogP) is 6.32. The van der Waals surface area contributed by atoms with Crippen molar-refractivity contribution in [2.75, 3.05) is 12.3 Å². The van der Waals surface area contributed by atoms with Gasteiger partial charge in [0, 0.05) is 12.3 Å². The molecule has 4 nitrogen and oxygen atoms in total. The number of unbranched alkanes of at least 4 members (excludes halogenated alkanes) is 15. The maximum absolute atomic E-state index is 10.9. The number of carboxylic acid groups (broad SMARTS) is 1. The van der Waals surface area contributed by atoms with Crippen LogP contribution in [0.1, 0.15) is 110 Å². The molecule has 0 amide bonds. The molecule has 2 N–H and O–H groups in total. The third kappa shape index (κ3) is 16.0. The van der Waals surface area contributed by atoms with Crippen LogP contribution in [0.5, 0.6) is 0 Å². The molecule has 0 aliphatic rings. The van der Waals surface area contributed by atoms with Gasteiger partial charge in [-0.15, -0.1) is 0 Å². The van der Waals surface area contributed by atoms with Crippen molar-refractivity contribution in [2.45, 2.75) is 116 Å². The van der Waals surface area contributed by atoms with Gasteiger partial charge in [-0.2, -0.15) is 17.7 Å². The van der Waals surface area contributed by atoms with Crippen LogP contribution in [0.25, 0.3) is 0 Å². The van der Waals surface area contributed by atoms with Gasteiger partial charge >= 0.3 is 5.97 Å². The van der Waals surface area contributed by atoms with Crippen LogP contribution in [0, 0.1) is 0 Å². The standard InChI is InChI=1S/C21H43NO3S/c1-2-3-4-5-6-7-8-9-10-11-12-13-14-15-16-17-18-22(25)20(19-26)21(23)24/h20,25-26H,2-19H2,1H3,(H,23,24). The summed E-state index contributed by atoms with van der Waals surface area (Å²) in [6.07, 6.45) is 20.9. The Bertz CT molecular complexity index is 316. The van der Waals surface area contributed by atoms with Crippen molar-refractivity contribution in [1.29, 1.82) is 0 Å². The van der Waals surface area contributed by atoms with Crippen LogP contribution in [0.15, 0.2) is 0 Å². The summed E-state index contributed by atoms with van der Waals surface area (Å²) in [7, 11) is 0. The van der Waals surface area contributed by atoms with Crippen molar-refractivity contribution < 1.29 is 15.1 Å². The number of hydrogen-bond acceptors (Lipinski definition) is 4. The number of hydrogen-bond donors (Lipinski definition) is 3. The molecule has 0 saturated heterocycles. The van der Waals surface area contributed by atoms with Crippen molar-refractivity contribution in [1.82, 2.24) is 5.06 Å². The Morgan fingerprint density at radius 2 is 1.12 bits per heavy atom. The first-order valence-electron chi connectivity index (χ1n) is 10.9. The largest absolute Gasteiger partial charge is 0.480 e. The lowest BCUT2D eigenvalue weighted by Gasteiger charge is -2.20. The molecule has 0 aliphatic carbocycles. The lowest BCUT2D eigenvalue weighted by Crippen LogP contribution is -2.40. The van der Waals surface area contributed by atoms with Gasteiger partial charge in [-0.25, -0.2) is 0 Å². The van der Waals surface area contributed by atoms with E-state index in [1.807, 2.05) is 0 Å². The van der Waals surface area contributed by atoms with Gasteiger partial charge in [0.15, 0.2) is 0 Å². The van der Waals surface area contributed by atoms with Gasteiger partial charge in [0.25, 0.3) is 0 Å². The van der Waals surface area contributed by atoms with Gasteiger partial charge in [-0.05, 0) is 6.42 Å². The lowest BCUT2D eigenvalue weighted by molar-refractivity contribution is -0.166.